The number of benzene rings is 1. The van der Waals surface area contributed by atoms with Gasteiger partial charge in [-0.2, -0.15) is 4.39 Å². The number of sulfonamides is 1. The summed E-state index contributed by atoms with van der Waals surface area (Å²) in [4.78, 5) is 8.38. The third-order valence-corrected chi connectivity index (χ3v) is 3.40. The molecule has 0 unspecified atom stereocenters. The summed E-state index contributed by atoms with van der Waals surface area (Å²) in [6, 6.07) is 1.88. The molecule has 0 aliphatic carbocycles. The van der Waals surface area contributed by atoms with Gasteiger partial charge in [-0.1, -0.05) is 0 Å². The Balaban J connectivity index is 3.66. The van der Waals surface area contributed by atoms with E-state index in [9.17, 15) is 22.9 Å². The summed E-state index contributed by atoms with van der Waals surface area (Å²) in [5.41, 5.74) is -0.942. The number of halogens is 2. The third-order valence-electron chi connectivity index (χ3n) is 1.51. The van der Waals surface area contributed by atoms with E-state index in [0.717, 1.165) is 12.1 Å². The number of nitro groups is 1. The summed E-state index contributed by atoms with van der Waals surface area (Å²) in [5, 5.41) is 15.0. The van der Waals surface area contributed by atoms with Gasteiger partial charge in [0.25, 0.3) is 0 Å². The van der Waals surface area contributed by atoms with Crippen LogP contribution in [0.5, 0.6) is 0 Å². The zero-order valence-corrected chi connectivity index (χ0v) is 9.38. The first kappa shape index (κ1) is 12.0. The number of nitrogens with zero attached hydrogens (tertiary/aromatic N) is 1. The van der Waals surface area contributed by atoms with Crippen molar-refractivity contribution in [1.29, 1.82) is 0 Å². The number of rotatable bonds is 2. The highest BCUT2D eigenvalue weighted by molar-refractivity contribution is 9.10. The smallest absolute Gasteiger partial charge is 0.258 e. The van der Waals surface area contributed by atoms with Gasteiger partial charge in [0.2, 0.25) is 15.8 Å². The number of nitrogens with two attached hydrogens (primary N) is 1. The molecular formula is C6H4BrFN2O4S. The Labute approximate surface area is 92.2 Å². The summed E-state index contributed by atoms with van der Waals surface area (Å²) in [5.74, 6) is -1.48. The summed E-state index contributed by atoms with van der Waals surface area (Å²) in [6.07, 6.45) is 0. The average molecular weight is 299 g/mol. The third kappa shape index (κ3) is 2.30. The van der Waals surface area contributed by atoms with Gasteiger partial charge >= 0.3 is 5.69 Å². The first-order chi connectivity index (χ1) is 6.75. The van der Waals surface area contributed by atoms with E-state index in [1.165, 1.54) is 0 Å². The lowest BCUT2D eigenvalue weighted by atomic mass is 10.3. The van der Waals surface area contributed by atoms with Gasteiger partial charge in [-0.15, -0.1) is 0 Å². The van der Waals surface area contributed by atoms with Gasteiger partial charge in [0.15, 0.2) is 0 Å². The molecule has 15 heavy (non-hydrogen) atoms. The van der Waals surface area contributed by atoms with E-state index >= 15 is 0 Å². The summed E-state index contributed by atoms with van der Waals surface area (Å²) >= 11 is 2.74. The fourth-order valence-corrected chi connectivity index (χ4v) is 2.60. The summed E-state index contributed by atoms with van der Waals surface area (Å²) in [7, 11) is -4.35. The van der Waals surface area contributed by atoms with E-state index in [0.29, 0.717) is 0 Å². The predicted octanol–water partition coefficient (Wildman–Crippen LogP) is 1.14. The predicted molar refractivity (Wildman–Crippen MR) is 52.1 cm³/mol. The van der Waals surface area contributed by atoms with Gasteiger partial charge in [-0.05, 0) is 22.0 Å². The van der Waals surface area contributed by atoms with Crippen LogP contribution in [0.2, 0.25) is 0 Å². The number of hydrogen-bond acceptors (Lipinski definition) is 4. The highest BCUT2D eigenvalue weighted by Crippen LogP contribution is 2.29. The fraction of sp³-hybridized carbons (Fsp3) is 0. The summed E-state index contributed by atoms with van der Waals surface area (Å²) in [6.45, 7) is 0. The molecule has 0 amide bonds. The quantitative estimate of drug-likeness (QED) is 0.653. The molecule has 9 heteroatoms. The molecule has 1 aromatic rings. The first-order valence-corrected chi connectivity index (χ1v) is 5.74. The maximum absolute atomic E-state index is 13.3. The molecule has 0 radical (unpaired) electrons. The molecule has 0 aliphatic rings. The normalized spacial score (nSPS) is 11.4. The van der Waals surface area contributed by atoms with E-state index in [1.54, 1.807) is 0 Å². The second-order valence-corrected chi connectivity index (χ2v) is 4.86. The zero-order valence-electron chi connectivity index (χ0n) is 6.98. The monoisotopic (exact) mass is 298 g/mol. The molecule has 1 rings (SSSR count). The Morgan fingerprint density at radius 3 is 2.40 bits per heavy atom. The molecule has 82 valence electrons. The van der Waals surface area contributed by atoms with Gasteiger partial charge in [0.1, 0.15) is 4.90 Å². The van der Waals surface area contributed by atoms with Crippen molar-refractivity contribution < 1.29 is 17.7 Å². The molecule has 0 spiro atoms. The molecule has 2 N–H and O–H groups in total. The van der Waals surface area contributed by atoms with Crippen molar-refractivity contribution in [1.82, 2.24) is 0 Å². The Kier molecular flexibility index (Phi) is 3.07. The minimum Gasteiger partial charge on any atom is -0.258 e. The van der Waals surface area contributed by atoms with Gasteiger partial charge in [-0.25, -0.2) is 13.6 Å². The Bertz CT molecular complexity index is 530. The number of primary sulfonamides is 1. The second-order valence-electron chi connectivity index (χ2n) is 2.51. The van der Waals surface area contributed by atoms with E-state index in [-0.39, 0.29) is 4.47 Å². The molecule has 0 atom stereocenters. The molecule has 6 nitrogen and oxygen atoms in total. The maximum atomic E-state index is 13.3. The highest BCUT2D eigenvalue weighted by atomic mass is 79.9. The molecule has 0 aliphatic heterocycles. The minimum atomic E-state index is -4.35. The van der Waals surface area contributed by atoms with Gasteiger partial charge in [0.05, 0.1) is 4.92 Å². The van der Waals surface area contributed by atoms with Crippen LogP contribution in [-0.4, -0.2) is 13.3 Å². The van der Waals surface area contributed by atoms with Crippen molar-refractivity contribution >= 4 is 31.6 Å². The minimum absolute atomic E-state index is 0.159. The standard InChI is InChI=1S/C6H4BrFN2O4S/c7-3-1-2-4(10(11)12)5(8)6(3)15(9,13)14/h1-2H,(H2,9,13,14). The van der Waals surface area contributed by atoms with Crippen LogP contribution < -0.4 is 5.14 Å². The van der Waals surface area contributed by atoms with Gasteiger partial charge < -0.3 is 0 Å². The van der Waals surface area contributed by atoms with Crippen molar-refractivity contribution in [3.8, 4) is 0 Å². The lowest BCUT2D eigenvalue weighted by molar-refractivity contribution is -0.387. The van der Waals surface area contributed by atoms with Crippen LogP contribution in [0.15, 0.2) is 21.5 Å². The van der Waals surface area contributed by atoms with Crippen molar-refractivity contribution in [2.24, 2.45) is 5.14 Å². The van der Waals surface area contributed by atoms with Crippen molar-refractivity contribution in [3.63, 3.8) is 0 Å². The Morgan fingerprint density at radius 1 is 1.47 bits per heavy atom. The number of nitro benzene ring substituents is 1. The van der Waals surface area contributed by atoms with Crippen LogP contribution >= 0.6 is 15.9 Å². The van der Waals surface area contributed by atoms with E-state index in [1.807, 2.05) is 0 Å². The molecule has 1 aromatic carbocycles. The largest absolute Gasteiger partial charge is 0.306 e. The Morgan fingerprint density at radius 2 is 2.00 bits per heavy atom. The average Bonchev–Trinajstić information content (AvgIpc) is 2.00. The van der Waals surface area contributed by atoms with E-state index in [2.05, 4.69) is 15.9 Å². The van der Waals surface area contributed by atoms with E-state index in [4.69, 9.17) is 5.14 Å². The SMILES string of the molecule is NS(=O)(=O)c1c(Br)ccc([N+](=O)[O-])c1F. The fourth-order valence-electron chi connectivity index (χ4n) is 0.924. The van der Waals surface area contributed by atoms with Crippen molar-refractivity contribution in [3.05, 3.63) is 32.5 Å². The van der Waals surface area contributed by atoms with E-state index < -0.39 is 31.3 Å². The number of hydrogen-bond donors (Lipinski definition) is 1. The second kappa shape index (κ2) is 3.83. The van der Waals surface area contributed by atoms with Crippen molar-refractivity contribution in [2.75, 3.05) is 0 Å². The molecule has 0 heterocycles. The topological polar surface area (TPSA) is 103 Å². The molecular weight excluding hydrogens is 295 g/mol. The van der Waals surface area contributed by atoms with Crippen LogP contribution in [0.4, 0.5) is 10.1 Å². The van der Waals surface area contributed by atoms with Crippen LogP contribution in [0.3, 0.4) is 0 Å². The van der Waals surface area contributed by atoms with Gasteiger partial charge in [0, 0.05) is 10.5 Å². The van der Waals surface area contributed by atoms with Gasteiger partial charge in [-0.3, -0.25) is 10.1 Å². The lowest BCUT2D eigenvalue weighted by Gasteiger charge is -2.03. The molecule has 0 saturated heterocycles. The highest BCUT2D eigenvalue weighted by Gasteiger charge is 2.26. The molecule has 0 fully saturated rings. The first-order valence-electron chi connectivity index (χ1n) is 3.40. The summed E-state index contributed by atoms with van der Waals surface area (Å²) < 4.78 is 35.1. The zero-order chi connectivity index (χ0) is 11.8. The van der Waals surface area contributed by atoms with Crippen LogP contribution in [0.1, 0.15) is 0 Å². The molecule has 0 saturated carbocycles. The van der Waals surface area contributed by atoms with Crippen molar-refractivity contribution in [2.45, 2.75) is 4.90 Å². The lowest BCUT2D eigenvalue weighted by Crippen LogP contribution is -2.15. The van der Waals surface area contributed by atoms with Crippen LogP contribution in [-0.2, 0) is 10.0 Å². The van der Waals surface area contributed by atoms with Crippen LogP contribution in [0, 0.1) is 15.9 Å². The molecule has 0 aromatic heterocycles. The Hall–Kier alpha value is -1.06. The molecule has 0 bridgehead atoms. The van der Waals surface area contributed by atoms with Crippen LogP contribution in [0.25, 0.3) is 0 Å². The maximum Gasteiger partial charge on any atom is 0.306 e.